The van der Waals surface area contributed by atoms with E-state index in [1.54, 1.807) is 0 Å². The van der Waals surface area contributed by atoms with Gasteiger partial charge < -0.3 is 20.3 Å². The molecule has 1 fully saturated rings. The number of rotatable bonds is 5. The van der Waals surface area contributed by atoms with Crippen molar-refractivity contribution in [2.24, 2.45) is 0 Å². The highest BCUT2D eigenvalue weighted by atomic mass is 16.5. The molecule has 4 rings (SSSR count). The van der Waals surface area contributed by atoms with Crippen molar-refractivity contribution in [3.8, 4) is 22.6 Å². The predicted molar refractivity (Wildman–Crippen MR) is 123 cm³/mol. The molecule has 160 valence electrons. The molecule has 7 heteroatoms. The molecule has 0 radical (unpaired) electrons. The highest BCUT2D eigenvalue weighted by Crippen LogP contribution is 2.28. The van der Waals surface area contributed by atoms with Crippen LogP contribution in [0.2, 0.25) is 0 Å². The van der Waals surface area contributed by atoms with Crippen molar-refractivity contribution >= 4 is 17.5 Å². The SMILES string of the molecule is CCNC(=O)Nc1ccc(-c2nc(-c3ccccc3)cc(N3CCOC[C@@H]3C)n2)cc1. The van der Waals surface area contributed by atoms with Gasteiger partial charge in [0.2, 0.25) is 0 Å². The van der Waals surface area contributed by atoms with Crippen LogP contribution < -0.4 is 15.5 Å². The van der Waals surface area contributed by atoms with E-state index < -0.39 is 0 Å². The molecule has 3 aromatic rings. The highest BCUT2D eigenvalue weighted by Gasteiger charge is 2.22. The zero-order chi connectivity index (χ0) is 21.6. The number of anilines is 2. The third-order valence-corrected chi connectivity index (χ3v) is 5.18. The fraction of sp³-hybridized carbons (Fsp3) is 0.292. The van der Waals surface area contributed by atoms with Crippen LogP contribution in [0.25, 0.3) is 22.6 Å². The molecular formula is C24H27N5O2. The van der Waals surface area contributed by atoms with Crippen LogP contribution in [-0.4, -0.2) is 48.3 Å². The van der Waals surface area contributed by atoms with Crippen molar-refractivity contribution < 1.29 is 9.53 Å². The largest absolute Gasteiger partial charge is 0.377 e. The predicted octanol–water partition coefficient (Wildman–Crippen LogP) is 4.18. The lowest BCUT2D eigenvalue weighted by Gasteiger charge is -2.34. The minimum atomic E-state index is -0.221. The Labute approximate surface area is 182 Å². The van der Waals surface area contributed by atoms with E-state index in [-0.39, 0.29) is 12.1 Å². The van der Waals surface area contributed by atoms with E-state index >= 15 is 0 Å². The van der Waals surface area contributed by atoms with Gasteiger partial charge in [0.05, 0.1) is 24.9 Å². The molecule has 1 saturated heterocycles. The lowest BCUT2D eigenvalue weighted by atomic mass is 10.1. The number of morpholine rings is 1. The van der Waals surface area contributed by atoms with E-state index in [2.05, 4.69) is 34.6 Å². The second kappa shape index (κ2) is 9.57. The second-order valence-corrected chi connectivity index (χ2v) is 7.48. The Morgan fingerprint density at radius 2 is 1.87 bits per heavy atom. The average Bonchev–Trinajstić information content (AvgIpc) is 2.80. The molecule has 0 saturated carbocycles. The number of ether oxygens (including phenoxy) is 1. The number of amides is 2. The molecule has 0 unspecified atom stereocenters. The first-order valence-corrected chi connectivity index (χ1v) is 10.6. The van der Waals surface area contributed by atoms with Gasteiger partial charge in [-0.1, -0.05) is 30.3 Å². The number of benzene rings is 2. The normalized spacial score (nSPS) is 16.1. The summed E-state index contributed by atoms with van der Waals surface area (Å²) in [5.74, 6) is 1.55. The minimum Gasteiger partial charge on any atom is -0.377 e. The maximum atomic E-state index is 11.8. The van der Waals surface area contributed by atoms with E-state index in [1.165, 1.54) is 0 Å². The number of carbonyl (C=O) groups excluding carboxylic acids is 1. The number of nitrogens with one attached hydrogen (secondary N) is 2. The van der Waals surface area contributed by atoms with Crippen LogP contribution in [0.15, 0.2) is 60.7 Å². The van der Waals surface area contributed by atoms with Gasteiger partial charge in [-0.3, -0.25) is 0 Å². The minimum absolute atomic E-state index is 0.221. The van der Waals surface area contributed by atoms with Crippen LogP contribution in [0.3, 0.4) is 0 Å². The molecule has 1 aliphatic heterocycles. The van der Waals surface area contributed by atoms with Gasteiger partial charge in [0.1, 0.15) is 5.82 Å². The summed E-state index contributed by atoms with van der Waals surface area (Å²) in [5.41, 5.74) is 3.53. The molecule has 0 spiro atoms. The molecule has 0 aliphatic carbocycles. The molecule has 2 aromatic carbocycles. The van der Waals surface area contributed by atoms with Crippen molar-refractivity contribution in [2.75, 3.05) is 36.5 Å². The summed E-state index contributed by atoms with van der Waals surface area (Å²) in [6, 6.07) is 19.8. The number of urea groups is 1. The van der Waals surface area contributed by atoms with E-state index in [0.29, 0.717) is 25.6 Å². The summed E-state index contributed by atoms with van der Waals surface area (Å²) < 4.78 is 5.60. The molecule has 1 aliphatic rings. The summed E-state index contributed by atoms with van der Waals surface area (Å²) in [6.07, 6.45) is 0. The van der Waals surface area contributed by atoms with Gasteiger partial charge >= 0.3 is 6.03 Å². The van der Waals surface area contributed by atoms with Crippen LogP contribution in [0.5, 0.6) is 0 Å². The number of carbonyl (C=O) groups is 1. The molecule has 2 amide bonds. The van der Waals surface area contributed by atoms with E-state index in [0.717, 1.165) is 34.9 Å². The zero-order valence-electron chi connectivity index (χ0n) is 17.8. The van der Waals surface area contributed by atoms with Crippen molar-refractivity contribution in [1.29, 1.82) is 0 Å². The van der Waals surface area contributed by atoms with Gasteiger partial charge in [-0.05, 0) is 38.1 Å². The van der Waals surface area contributed by atoms with E-state index in [1.807, 2.05) is 55.5 Å². The summed E-state index contributed by atoms with van der Waals surface area (Å²) in [4.78, 5) is 23.8. The molecule has 1 aromatic heterocycles. The molecule has 31 heavy (non-hydrogen) atoms. The van der Waals surface area contributed by atoms with Gasteiger partial charge in [-0.2, -0.15) is 0 Å². The smallest absolute Gasteiger partial charge is 0.319 e. The van der Waals surface area contributed by atoms with Crippen LogP contribution >= 0.6 is 0 Å². The zero-order valence-corrected chi connectivity index (χ0v) is 17.8. The highest BCUT2D eigenvalue weighted by molar-refractivity contribution is 5.89. The monoisotopic (exact) mass is 417 g/mol. The lowest BCUT2D eigenvalue weighted by Crippen LogP contribution is -2.44. The first kappa shape index (κ1) is 20.8. The topological polar surface area (TPSA) is 79.4 Å². The van der Waals surface area contributed by atoms with Gasteiger partial charge in [-0.25, -0.2) is 14.8 Å². The molecule has 2 N–H and O–H groups in total. The fourth-order valence-electron chi connectivity index (χ4n) is 3.57. The van der Waals surface area contributed by atoms with Crippen molar-refractivity contribution in [3.63, 3.8) is 0 Å². The molecule has 1 atom stereocenters. The fourth-order valence-corrected chi connectivity index (χ4v) is 3.57. The third-order valence-electron chi connectivity index (χ3n) is 5.18. The number of hydrogen-bond acceptors (Lipinski definition) is 5. The molecule has 0 bridgehead atoms. The number of nitrogens with zero attached hydrogens (tertiary/aromatic N) is 3. The maximum Gasteiger partial charge on any atom is 0.319 e. The van der Waals surface area contributed by atoms with E-state index in [9.17, 15) is 4.79 Å². The molecule has 2 heterocycles. The van der Waals surface area contributed by atoms with Gasteiger partial charge in [0, 0.05) is 36.0 Å². The standard InChI is InChI=1S/C24H27N5O2/c1-3-25-24(30)26-20-11-9-19(10-12-20)23-27-21(18-7-5-4-6-8-18)15-22(28-23)29-13-14-31-16-17(29)2/h4-12,15,17H,3,13-14,16H2,1-2H3,(H2,25,26,30)/t17-/m0/s1. The summed E-state index contributed by atoms with van der Waals surface area (Å²) >= 11 is 0. The summed E-state index contributed by atoms with van der Waals surface area (Å²) in [5, 5.41) is 5.54. The van der Waals surface area contributed by atoms with Gasteiger partial charge in [-0.15, -0.1) is 0 Å². The quantitative estimate of drug-likeness (QED) is 0.651. The van der Waals surface area contributed by atoms with Crippen molar-refractivity contribution in [2.45, 2.75) is 19.9 Å². The van der Waals surface area contributed by atoms with Gasteiger partial charge in [0.25, 0.3) is 0 Å². The molecule has 7 nitrogen and oxygen atoms in total. The Bertz CT molecular complexity index is 1020. The van der Waals surface area contributed by atoms with Crippen LogP contribution in [0.1, 0.15) is 13.8 Å². The summed E-state index contributed by atoms with van der Waals surface area (Å²) in [6.45, 7) is 6.76. The maximum absolute atomic E-state index is 11.8. The third kappa shape index (κ3) is 5.00. The Balaban J connectivity index is 1.69. The van der Waals surface area contributed by atoms with Crippen LogP contribution in [0, 0.1) is 0 Å². The summed E-state index contributed by atoms with van der Waals surface area (Å²) in [7, 11) is 0. The number of hydrogen-bond donors (Lipinski definition) is 2. The second-order valence-electron chi connectivity index (χ2n) is 7.48. The Morgan fingerprint density at radius 1 is 1.10 bits per heavy atom. The van der Waals surface area contributed by atoms with Crippen molar-refractivity contribution in [3.05, 3.63) is 60.7 Å². The Hall–Kier alpha value is -3.45. The van der Waals surface area contributed by atoms with Crippen LogP contribution in [0.4, 0.5) is 16.3 Å². The average molecular weight is 418 g/mol. The van der Waals surface area contributed by atoms with Gasteiger partial charge in [0.15, 0.2) is 5.82 Å². The first-order chi connectivity index (χ1) is 15.1. The first-order valence-electron chi connectivity index (χ1n) is 10.6. The Morgan fingerprint density at radius 3 is 2.58 bits per heavy atom. The van der Waals surface area contributed by atoms with Crippen LogP contribution in [-0.2, 0) is 4.74 Å². The molecular weight excluding hydrogens is 390 g/mol. The number of aromatic nitrogens is 2. The van der Waals surface area contributed by atoms with E-state index in [4.69, 9.17) is 14.7 Å². The van der Waals surface area contributed by atoms with Crippen molar-refractivity contribution in [1.82, 2.24) is 15.3 Å². The lowest BCUT2D eigenvalue weighted by molar-refractivity contribution is 0.0985. The Kier molecular flexibility index (Phi) is 6.43.